The van der Waals surface area contributed by atoms with E-state index in [4.69, 9.17) is 4.74 Å². The van der Waals surface area contributed by atoms with Crippen molar-refractivity contribution in [1.29, 1.82) is 0 Å². The third-order valence-corrected chi connectivity index (χ3v) is 3.56. The second-order valence-corrected chi connectivity index (χ2v) is 5.36. The smallest absolute Gasteiger partial charge is 0.322 e. The molecule has 0 amide bonds. The van der Waals surface area contributed by atoms with E-state index in [-0.39, 0.29) is 0 Å². The Hall–Kier alpha value is -1.97. The van der Waals surface area contributed by atoms with Gasteiger partial charge in [0.25, 0.3) is 0 Å². The average molecular weight is 308 g/mol. The Bertz CT molecular complexity index is 590. The number of anilines is 1. The summed E-state index contributed by atoms with van der Waals surface area (Å²) in [5.74, 6) is 0.490. The van der Waals surface area contributed by atoms with Crippen LogP contribution in [0.5, 0.6) is 6.01 Å². The summed E-state index contributed by atoms with van der Waals surface area (Å²) < 4.78 is 7.19. The standard InChI is InChI=1S/C11H16N8OS/c1-3-12-8-13-9(20-4-2)15-10(14-8)21-11-16-17-18-19(11)7-5-6-7/h7H,3-6H2,1-2H3,(H,12,13,14,15). The molecule has 0 unspecified atom stereocenters. The molecule has 3 rings (SSSR count). The van der Waals surface area contributed by atoms with E-state index in [0.717, 1.165) is 19.4 Å². The Labute approximate surface area is 125 Å². The summed E-state index contributed by atoms with van der Waals surface area (Å²) in [5, 5.41) is 16.0. The zero-order valence-corrected chi connectivity index (χ0v) is 12.7. The molecule has 0 aromatic carbocycles. The van der Waals surface area contributed by atoms with Crippen molar-refractivity contribution in [1.82, 2.24) is 35.2 Å². The maximum atomic E-state index is 5.37. The number of nitrogens with zero attached hydrogens (tertiary/aromatic N) is 7. The van der Waals surface area contributed by atoms with Crippen molar-refractivity contribution in [2.75, 3.05) is 18.5 Å². The Balaban J connectivity index is 1.84. The molecule has 0 spiro atoms. The molecule has 10 heteroatoms. The fourth-order valence-corrected chi connectivity index (χ4v) is 2.47. The monoisotopic (exact) mass is 308 g/mol. The molecule has 0 radical (unpaired) electrons. The normalized spacial score (nSPS) is 14.2. The molecule has 9 nitrogen and oxygen atoms in total. The number of rotatable bonds is 7. The number of ether oxygens (including phenoxy) is 1. The van der Waals surface area contributed by atoms with Crippen LogP contribution >= 0.6 is 11.8 Å². The first-order valence-electron chi connectivity index (χ1n) is 6.88. The van der Waals surface area contributed by atoms with Gasteiger partial charge in [0, 0.05) is 6.54 Å². The van der Waals surface area contributed by atoms with Gasteiger partial charge in [0.15, 0.2) is 0 Å². The second-order valence-electron chi connectivity index (χ2n) is 4.43. The molecular weight excluding hydrogens is 292 g/mol. The fraction of sp³-hybridized carbons (Fsp3) is 0.636. The van der Waals surface area contributed by atoms with Crippen LogP contribution in [0.4, 0.5) is 5.95 Å². The molecule has 2 aromatic heterocycles. The quantitative estimate of drug-likeness (QED) is 0.807. The first-order valence-corrected chi connectivity index (χ1v) is 7.70. The zero-order valence-electron chi connectivity index (χ0n) is 11.9. The van der Waals surface area contributed by atoms with Crippen molar-refractivity contribution >= 4 is 17.7 Å². The minimum Gasteiger partial charge on any atom is -0.464 e. The number of tetrazole rings is 1. The van der Waals surface area contributed by atoms with Crippen molar-refractivity contribution < 1.29 is 4.74 Å². The van der Waals surface area contributed by atoms with Crippen LogP contribution in [0.25, 0.3) is 0 Å². The van der Waals surface area contributed by atoms with Gasteiger partial charge in [0.1, 0.15) is 0 Å². The molecule has 0 saturated heterocycles. The molecule has 1 aliphatic carbocycles. The van der Waals surface area contributed by atoms with Gasteiger partial charge in [-0.15, -0.1) is 5.10 Å². The fourth-order valence-electron chi connectivity index (χ4n) is 1.70. The molecule has 1 aliphatic rings. The van der Waals surface area contributed by atoms with Gasteiger partial charge in [-0.1, -0.05) is 0 Å². The Kier molecular flexibility index (Phi) is 4.13. The van der Waals surface area contributed by atoms with Gasteiger partial charge in [-0.25, -0.2) is 4.68 Å². The van der Waals surface area contributed by atoms with E-state index in [1.54, 1.807) is 0 Å². The van der Waals surface area contributed by atoms with E-state index in [1.165, 1.54) is 11.8 Å². The van der Waals surface area contributed by atoms with Crippen molar-refractivity contribution in [3.8, 4) is 6.01 Å². The van der Waals surface area contributed by atoms with Crippen molar-refractivity contribution in [2.24, 2.45) is 0 Å². The summed E-state index contributed by atoms with van der Waals surface area (Å²) in [5.41, 5.74) is 0. The molecule has 1 fully saturated rings. The molecule has 1 N–H and O–H groups in total. The van der Waals surface area contributed by atoms with E-state index in [0.29, 0.717) is 34.9 Å². The zero-order chi connectivity index (χ0) is 14.7. The SMILES string of the molecule is CCNc1nc(OCC)nc(Sc2nnnn2C2CC2)n1. The van der Waals surface area contributed by atoms with E-state index in [9.17, 15) is 0 Å². The van der Waals surface area contributed by atoms with E-state index in [1.807, 2.05) is 18.5 Å². The molecule has 0 atom stereocenters. The molecule has 112 valence electrons. The summed E-state index contributed by atoms with van der Waals surface area (Å²) in [4.78, 5) is 12.8. The van der Waals surface area contributed by atoms with Crippen LogP contribution in [0.15, 0.2) is 10.3 Å². The lowest BCUT2D eigenvalue weighted by molar-refractivity contribution is 0.308. The highest BCUT2D eigenvalue weighted by Gasteiger charge is 2.28. The van der Waals surface area contributed by atoms with Crippen molar-refractivity contribution in [3.63, 3.8) is 0 Å². The summed E-state index contributed by atoms with van der Waals surface area (Å²) in [6.07, 6.45) is 2.23. The largest absolute Gasteiger partial charge is 0.464 e. The highest BCUT2D eigenvalue weighted by Crippen LogP contribution is 2.37. The molecule has 21 heavy (non-hydrogen) atoms. The van der Waals surface area contributed by atoms with Gasteiger partial charge in [0.05, 0.1) is 12.6 Å². The lowest BCUT2D eigenvalue weighted by Crippen LogP contribution is -2.07. The van der Waals surface area contributed by atoms with Crippen LogP contribution in [0.3, 0.4) is 0 Å². The lowest BCUT2D eigenvalue weighted by atomic mass is 10.7. The molecule has 0 bridgehead atoms. The topological polar surface area (TPSA) is 104 Å². The first kappa shape index (κ1) is 14.0. The maximum Gasteiger partial charge on any atom is 0.322 e. The third-order valence-electron chi connectivity index (χ3n) is 2.74. The molecular formula is C11H16N8OS. The predicted octanol–water partition coefficient (Wildman–Crippen LogP) is 1.17. The van der Waals surface area contributed by atoms with Gasteiger partial charge < -0.3 is 10.1 Å². The third kappa shape index (κ3) is 3.38. The maximum absolute atomic E-state index is 5.37. The Morgan fingerprint density at radius 2 is 2.14 bits per heavy atom. The lowest BCUT2D eigenvalue weighted by Gasteiger charge is -2.07. The number of hydrogen-bond acceptors (Lipinski definition) is 9. The number of nitrogens with one attached hydrogen (secondary N) is 1. The highest BCUT2D eigenvalue weighted by molar-refractivity contribution is 7.99. The van der Waals surface area contributed by atoms with Crippen LogP contribution in [0.2, 0.25) is 0 Å². The molecule has 2 aromatic rings. The van der Waals surface area contributed by atoms with Crippen LogP contribution in [-0.2, 0) is 0 Å². The van der Waals surface area contributed by atoms with Crippen LogP contribution in [0, 0.1) is 0 Å². The van der Waals surface area contributed by atoms with Gasteiger partial charge in [-0.2, -0.15) is 15.0 Å². The van der Waals surface area contributed by atoms with Crippen molar-refractivity contribution in [3.05, 3.63) is 0 Å². The Morgan fingerprint density at radius 3 is 2.86 bits per heavy atom. The minimum atomic E-state index is 0.302. The Morgan fingerprint density at radius 1 is 1.29 bits per heavy atom. The molecule has 1 saturated carbocycles. The summed E-state index contributed by atoms with van der Waals surface area (Å²) in [7, 11) is 0. The van der Waals surface area contributed by atoms with E-state index >= 15 is 0 Å². The van der Waals surface area contributed by atoms with Crippen LogP contribution < -0.4 is 10.1 Å². The predicted molar refractivity (Wildman–Crippen MR) is 75.4 cm³/mol. The number of aromatic nitrogens is 7. The molecule has 0 aliphatic heterocycles. The van der Waals surface area contributed by atoms with Gasteiger partial charge in [0.2, 0.25) is 16.3 Å². The minimum absolute atomic E-state index is 0.302. The van der Waals surface area contributed by atoms with Crippen molar-refractivity contribution in [2.45, 2.75) is 43.0 Å². The van der Waals surface area contributed by atoms with E-state index in [2.05, 4.69) is 35.8 Å². The average Bonchev–Trinajstić information content (AvgIpc) is 3.20. The van der Waals surface area contributed by atoms with Crippen LogP contribution in [-0.4, -0.2) is 48.3 Å². The second kappa shape index (κ2) is 6.20. The van der Waals surface area contributed by atoms with Gasteiger partial charge >= 0.3 is 6.01 Å². The van der Waals surface area contributed by atoms with E-state index < -0.39 is 0 Å². The highest BCUT2D eigenvalue weighted by atomic mass is 32.2. The summed E-state index contributed by atoms with van der Waals surface area (Å²) >= 11 is 1.31. The van der Waals surface area contributed by atoms with Gasteiger partial charge in [-0.3, -0.25) is 0 Å². The summed E-state index contributed by atoms with van der Waals surface area (Å²) in [6, 6.07) is 0.709. The first-order chi connectivity index (χ1) is 10.3. The van der Waals surface area contributed by atoms with Gasteiger partial charge in [-0.05, 0) is 48.9 Å². The number of hydrogen-bond donors (Lipinski definition) is 1. The summed E-state index contributed by atoms with van der Waals surface area (Å²) in [6.45, 7) is 5.08. The van der Waals surface area contributed by atoms with Crippen LogP contribution in [0.1, 0.15) is 32.7 Å². The molecule has 2 heterocycles.